The number of hydrogen-bond acceptors (Lipinski definition) is 4. The van der Waals surface area contributed by atoms with Crippen LogP contribution < -0.4 is 0 Å². The second-order valence-electron chi connectivity index (χ2n) is 3.81. The highest BCUT2D eigenvalue weighted by Gasteiger charge is 2.12. The highest BCUT2D eigenvalue weighted by molar-refractivity contribution is 5.78. The minimum Gasteiger partial charge on any atom is -0.394 e. The quantitative estimate of drug-likeness (QED) is 0.684. The third-order valence-electron chi connectivity index (χ3n) is 2.53. The summed E-state index contributed by atoms with van der Waals surface area (Å²) in [6.07, 6.45) is 2.00. The maximum atomic E-state index is 12.0. The maximum absolute atomic E-state index is 12.0. The van der Waals surface area contributed by atoms with Crippen molar-refractivity contribution < 1.29 is 14.6 Å². The molecule has 0 aliphatic rings. The number of carbonyl (C=O) groups excluding carboxylic acids is 1. The van der Waals surface area contributed by atoms with Gasteiger partial charge in [0.15, 0.2) is 0 Å². The van der Waals surface area contributed by atoms with Gasteiger partial charge >= 0.3 is 0 Å². The molecule has 1 heterocycles. The molecule has 1 aromatic heterocycles. The van der Waals surface area contributed by atoms with Gasteiger partial charge < -0.3 is 14.7 Å². The standard InChI is InChI=1S/C13H20N2O3/c1-2-15(7-9-18-10-8-16)13(17)11-12-5-3-4-6-14-12/h3-6,16H,2,7-11H2,1H3. The number of aromatic nitrogens is 1. The van der Waals surface area contributed by atoms with Crippen molar-refractivity contribution in [1.82, 2.24) is 9.88 Å². The number of amides is 1. The summed E-state index contributed by atoms with van der Waals surface area (Å²) in [4.78, 5) is 17.8. The predicted octanol–water partition coefficient (Wildman–Crippen LogP) is 0.481. The second kappa shape index (κ2) is 8.60. The summed E-state index contributed by atoms with van der Waals surface area (Å²) < 4.78 is 5.16. The number of aliphatic hydroxyl groups excluding tert-OH is 1. The van der Waals surface area contributed by atoms with Gasteiger partial charge in [0.25, 0.3) is 0 Å². The number of rotatable bonds is 8. The molecule has 0 aliphatic heterocycles. The molecule has 5 heteroatoms. The fraction of sp³-hybridized carbons (Fsp3) is 0.538. The fourth-order valence-electron chi connectivity index (χ4n) is 1.57. The first-order valence-electron chi connectivity index (χ1n) is 6.14. The first kappa shape index (κ1) is 14.6. The zero-order valence-corrected chi connectivity index (χ0v) is 10.7. The summed E-state index contributed by atoms with van der Waals surface area (Å²) in [5.74, 6) is 0.0452. The van der Waals surface area contributed by atoms with E-state index in [2.05, 4.69) is 4.98 Å². The van der Waals surface area contributed by atoms with Gasteiger partial charge in [0.05, 0.1) is 26.2 Å². The number of hydrogen-bond donors (Lipinski definition) is 1. The molecule has 0 saturated carbocycles. The molecule has 0 spiro atoms. The van der Waals surface area contributed by atoms with Crippen molar-refractivity contribution in [3.05, 3.63) is 30.1 Å². The van der Waals surface area contributed by atoms with E-state index in [4.69, 9.17) is 9.84 Å². The number of likely N-dealkylation sites (N-methyl/N-ethyl adjacent to an activating group) is 1. The Kier molecular flexibility index (Phi) is 6.98. The number of aliphatic hydroxyl groups is 1. The Balaban J connectivity index is 2.37. The summed E-state index contributed by atoms with van der Waals surface area (Å²) >= 11 is 0. The van der Waals surface area contributed by atoms with Crippen LogP contribution >= 0.6 is 0 Å². The Morgan fingerprint density at radius 3 is 2.89 bits per heavy atom. The molecule has 0 aliphatic carbocycles. The SMILES string of the molecule is CCN(CCOCCO)C(=O)Cc1ccccn1. The van der Waals surface area contributed by atoms with Gasteiger partial charge in [0.2, 0.25) is 5.91 Å². The van der Waals surface area contributed by atoms with E-state index in [1.165, 1.54) is 0 Å². The monoisotopic (exact) mass is 252 g/mol. The van der Waals surface area contributed by atoms with Crippen LogP contribution in [0.4, 0.5) is 0 Å². The van der Waals surface area contributed by atoms with E-state index in [0.29, 0.717) is 32.7 Å². The molecule has 0 atom stereocenters. The summed E-state index contributed by atoms with van der Waals surface area (Å²) in [6, 6.07) is 5.54. The molecule has 1 aromatic rings. The highest BCUT2D eigenvalue weighted by atomic mass is 16.5. The maximum Gasteiger partial charge on any atom is 0.228 e. The molecular formula is C13H20N2O3. The van der Waals surface area contributed by atoms with Crippen LogP contribution in [0.2, 0.25) is 0 Å². The van der Waals surface area contributed by atoms with E-state index in [1.54, 1.807) is 11.1 Å². The van der Waals surface area contributed by atoms with Crippen molar-refractivity contribution >= 4 is 5.91 Å². The van der Waals surface area contributed by atoms with Crippen molar-refractivity contribution in [1.29, 1.82) is 0 Å². The average molecular weight is 252 g/mol. The van der Waals surface area contributed by atoms with Crippen molar-refractivity contribution in [2.45, 2.75) is 13.3 Å². The summed E-state index contributed by atoms with van der Waals surface area (Å²) in [5.41, 5.74) is 0.775. The van der Waals surface area contributed by atoms with E-state index in [0.717, 1.165) is 5.69 Å². The minimum absolute atomic E-state index is 0.00794. The van der Waals surface area contributed by atoms with Crippen LogP contribution in [0, 0.1) is 0 Å². The van der Waals surface area contributed by atoms with Crippen LogP contribution in [-0.2, 0) is 16.0 Å². The van der Waals surface area contributed by atoms with Gasteiger partial charge in [0.1, 0.15) is 0 Å². The topological polar surface area (TPSA) is 62.7 Å². The Morgan fingerprint density at radius 2 is 2.28 bits per heavy atom. The van der Waals surface area contributed by atoms with Crippen LogP contribution in [0.5, 0.6) is 0 Å². The first-order chi connectivity index (χ1) is 8.77. The molecular weight excluding hydrogens is 232 g/mol. The van der Waals surface area contributed by atoms with Gasteiger partial charge in [-0.05, 0) is 19.1 Å². The Labute approximate surface area is 107 Å². The third kappa shape index (κ3) is 5.25. The Morgan fingerprint density at radius 1 is 1.44 bits per heavy atom. The first-order valence-corrected chi connectivity index (χ1v) is 6.14. The molecule has 0 unspecified atom stereocenters. The predicted molar refractivity (Wildman–Crippen MR) is 68.1 cm³/mol. The molecule has 0 bridgehead atoms. The van der Waals surface area contributed by atoms with E-state index in [-0.39, 0.29) is 12.5 Å². The van der Waals surface area contributed by atoms with Gasteiger partial charge in [0, 0.05) is 25.0 Å². The largest absolute Gasteiger partial charge is 0.394 e. The zero-order chi connectivity index (χ0) is 13.2. The summed E-state index contributed by atoms with van der Waals surface area (Å²) in [6.45, 7) is 3.89. The molecule has 1 N–H and O–H groups in total. The number of nitrogens with zero attached hydrogens (tertiary/aromatic N) is 2. The molecule has 18 heavy (non-hydrogen) atoms. The number of pyridine rings is 1. The van der Waals surface area contributed by atoms with Crippen molar-refractivity contribution in [2.75, 3.05) is 32.9 Å². The average Bonchev–Trinajstić information content (AvgIpc) is 2.40. The summed E-state index contributed by atoms with van der Waals surface area (Å²) in [5, 5.41) is 8.58. The van der Waals surface area contributed by atoms with Gasteiger partial charge in [-0.25, -0.2) is 0 Å². The molecule has 0 aromatic carbocycles. The van der Waals surface area contributed by atoms with E-state index >= 15 is 0 Å². The van der Waals surface area contributed by atoms with E-state index in [9.17, 15) is 4.79 Å². The smallest absolute Gasteiger partial charge is 0.228 e. The molecule has 1 rings (SSSR count). The Bertz CT molecular complexity index is 343. The lowest BCUT2D eigenvalue weighted by atomic mass is 10.2. The molecule has 0 saturated heterocycles. The van der Waals surface area contributed by atoms with Crippen LogP contribution in [0.3, 0.4) is 0 Å². The van der Waals surface area contributed by atoms with Crippen LogP contribution in [0.25, 0.3) is 0 Å². The van der Waals surface area contributed by atoms with Gasteiger partial charge in [-0.2, -0.15) is 0 Å². The van der Waals surface area contributed by atoms with Gasteiger partial charge in [-0.3, -0.25) is 9.78 Å². The molecule has 0 radical (unpaired) electrons. The van der Waals surface area contributed by atoms with Crippen LogP contribution in [-0.4, -0.2) is 53.8 Å². The fourth-order valence-corrected chi connectivity index (χ4v) is 1.57. The molecule has 0 fully saturated rings. The highest BCUT2D eigenvalue weighted by Crippen LogP contribution is 1.99. The van der Waals surface area contributed by atoms with Crippen molar-refractivity contribution in [3.63, 3.8) is 0 Å². The third-order valence-corrected chi connectivity index (χ3v) is 2.53. The van der Waals surface area contributed by atoms with E-state index in [1.807, 2.05) is 25.1 Å². The second-order valence-corrected chi connectivity index (χ2v) is 3.81. The number of carbonyl (C=O) groups is 1. The Hall–Kier alpha value is -1.46. The minimum atomic E-state index is 0.00794. The summed E-state index contributed by atoms with van der Waals surface area (Å²) in [7, 11) is 0. The molecule has 1 amide bonds. The zero-order valence-electron chi connectivity index (χ0n) is 10.7. The van der Waals surface area contributed by atoms with Crippen LogP contribution in [0.15, 0.2) is 24.4 Å². The number of ether oxygens (including phenoxy) is 1. The van der Waals surface area contributed by atoms with Gasteiger partial charge in [-0.1, -0.05) is 6.07 Å². The lowest BCUT2D eigenvalue weighted by Crippen LogP contribution is -2.35. The lowest BCUT2D eigenvalue weighted by molar-refractivity contribution is -0.131. The molecule has 5 nitrogen and oxygen atoms in total. The normalized spacial score (nSPS) is 10.3. The van der Waals surface area contributed by atoms with Crippen LogP contribution in [0.1, 0.15) is 12.6 Å². The van der Waals surface area contributed by atoms with E-state index < -0.39 is 0 Å². The molecule has 100 valence electrons. The van der Waals surface area contributed by atoms with Gasteiger partial charge in [-0.15, -0.1) is 0 Å². The lowest BCUT2D eigenvalue weighted by Gasteiger charge is -2.20. The van der Waals surface area contributed by atoms with Crippen molar-refractivity contribution in [2.24, 2.45) is 0 Å². The van der Waals surface area contributed by atoms with Crippen molar-refractivity contribution in [3.8, 4) is 0 Å².